The first-order chi connectivity index (χ1) is 15.8. The molecule has 162 valence electrons. The summed E-state index contributed by atoms with van der Waals surface area (Å²) in [5.74, 6) is 1.56. The van der Waals surface area contributed by atoms with Gasteiger partial charge in [0, 0.05) is 12.1 Å². The van der Waals surface area contributed by atoms with Gasteiger partial charge >= 0.3 is 0 Å². The summed E-state index contributed by atoms with van der Waals surface area (Å²) in [6.45, 7) is 2.91. The average molecular weight is 422 g/mol. The summed E-state index contributed by atoms with van der Waals surface area (Å²) in [6.07, 6.45) is 3.66. The van der Waals surface area contributed by atoms with Gasteiger partial charge in [-0.3, -0.25) is 0 Å². The van der Waals surface area contributed by atoms with Crippen LogP contribution in [0.1, 0.15) is 54.8 Å². The van der Waals surface area contributed by atoms with Crippen LogP contribution < -0.4 is 10.1 Å². The maximum absolute atomic E-state index is 5.96. The first-order valence-corrected chi connectivity index (χ1v) is 11.8. The molecule has 0 aromatic heterocycles. The second-order valence-corrected chi connectivity index (χ2v) is 9.01. The van der Waals surface area contributed by atoms with E-state index in [1.807, 2.05) is 18.2 Å². The quantitative estimate of drug-likeness (QED) is 0.335. The highest BCUT2D eigenvalue weighted by Crippen LogP contribution is 2.36. The van der Waals surface area contributed by atoms with Crippen LogP contribution in [0.5, 0.6) is 5.75 Å². The minimum absolute atomic E-state index is 0.346. The van der Waals surface area contributed by atoms with Crippen molar-refractivity contribution < 1.29 is 4.74 Å². The number of benzene rings is 4. The van der Waals surface area contributed by atoms with Crippen molar-refractivity contribution in [1.82, 2.24) is 5.32 Å². The summed E-state index contributed by atoms with van der Waals surface area (Å²) < 4.78 is 5.96. The van der Waals surface area contributed by atoms with Crippen LogP contribution in [0.4, 0.5) is 0 Å². The lowest BCUT2D eigenvalue weighted by molar-refractivity contribution is 0.306. The fourth-order valence-electron chi connectivity index (χ4n) is 5.08. The molecule has 1 fully saturated rings. The van der Waals surface area contributed by atoms with Crippen molar-refractivity contribution in [2.24, 2.45) is 0 Å². The molecule has 0 unspecified atom stereocenters. The van der Waals surface area contributed by atoms with Crippen molar-refractivity contribution in [3.63, 3.8) is 0 Å². The molecular weight excluding hydrogens is 390 g/mol. The van der Waals surface area contributed by atoms with E-state index in [2.05, 4.69) is 91.1 Å². The van der Waals surface area contributed by atoms with E-state index in [1.54, 1.807) is 0 Å². The average Bonchev–Trinajstić information content (AvgIpc) is 3.31. The Kier molecular flexibility index (Phi) is 6.22. The predicted molar refractivity (Wildman–Crippen MR) is 133 cm³/mol. The first kappa shape index (κ1) is 20.8. The Balaban J connectivity index is 1.18. The molecule has 2 heteroatoms. The predicted octanol–water partition coefficient (Wildman–Crippen LogP) is 7.41. The van der Waals surface area contributed by atoms with E-state index in [4.69, 9.17) is 4.74 Å². The van der Waals surface area contributed by atoms with Gasteiger partial charge in [-0.05, 0) is 71.7 Å². The third-order valence-corrected chi connectivity index (χ3v) is 6.81. The van der Waals surface area contributed by atoms with Gasteiger partial charge in [0.15, 0.2) is 0 Å². The van der Waals surface area contributed by atoms with Gasteiger partial charge in [0.25, 0.3) is 0 Å². The van der Waals surface area contributed by atoms with Crippen molar-refractivity contribution in [2.45, 2.75) is 50.8 Å². The van der Waals surface area contributed by atoms with Crippen LogP contribution in [-0.2, 0) is 6.61 Å². The summed E-state index contributed by atoms with van der Waals surface area (Å²) in [7, 11) is 0. The largest absolute Gasteiger partial charge is 0.489 e. The number of nitrogens with one attached hydrogen (secondary N) is 1. The highest BCUT2D eigenvalue weighted by molar-refractivity contribution is 5.86. The summed E-state index contributed by atoms with van der Waals surface area (Å²) in [5.41, 5.74) is 4.02. The number of rotatable bonds is 7. The van der Waals surface area contributed by atoms with Gasteiger partial charge in [-0.25, -0.2) is 0 Å². The highest BCUT2D eigenvalue weighted by atomic mass is 16.5. The van der Waals surface area contributed by atoms with Crippen LogP contribution in [0.3, 0.4) is 0 Å². The Morgan fingerprint density at radius 2 is 1.56 bits per heavy atom. The SMILES string of the molecule is C[C@@H](N[C@H]1CC[C@@H](c2ccc(OCc3ccccc3)cc2)C1)c1cccc2ccccc12. The molecule has 4 aromatic carbocycles. The normalized spacial score (nSPS) is 19.2. The molecule has 3 atom stereocenters. The zero-order chi connectivity index (χ0) is 21.8. The van der Waals surface area contributed by atoms with Crippen LogP contribution in [0, 0.1) is 0 Å². The van der Waals surface area contributed by atoms with Crippen LogP contribution in [0.2, 0.25) is 0 Å². The Morgan fingerprint density at radius 3 is 2.41 bits per heavy atom. The second kappa shape index (κ2) is 9.58. The molecular formula is C30H31NO. The molecule has 1 aliphatic carbocycles. The standard InChI is InChI=1S/C30H31NO/c1-22(29-13-7-11-25-10-5-6-12-30(25)29)31-27-17-14-26(20-27)24-15-18-28(19-16-24)32-21-23-8-3-2-4-9-23/h2-13,15-16,18-19,22,26-27,31H,14,17,20-21H2,1H3/t22-,26-,27+/m1/s1. The second-order valence-electron chi connectivity index (χ2n) is 9.01. The van der Waals surface area contributed by atoms with Gasteiger partial charge in [0.2, 0.25) is 0 Å². The van der Waals surface area contributed by atoms with Crippen molar-refractivity contribution in [3.05, 3.63) is 114 Å². The van der Waals surface area contributed by atoms with E-state index in [0.29, 0.717) is 24.6 Å². The Labute approximate surface area is 191 Å². The molecule has 1 aliphatic rings. The monoisotopic (exact) mass is 421 g/mol. The molecule has 0 saturated heterocycles. The Hall–Kier alpha value is -3.10. The zero-order valence-electron chi connectivity index (χ0n) is 18.7. The fraction of sp³-hybridized carbons (Fsp3) is 0.267. The lowest BCUT2D eigenvalue weighted by Gasteiger charge is -2.21. The van der Waals surface area contributed by atoms with Crippen molar-refractivity contribution in [1.29, 1.82) is 0 Å². The van der Waals surface area contributed by atoms with Crippen LogP contribution in [0.25, 0.3) is 10.8 Å². The van der Waals surface area contributed by atoms with E-state index >= 15 is 0 Å². The number of hydrogen-bond acceptors (Lipinski definition) is 2. The lowest BCUT2D eigenvalue weighted by Crippen LogP contribution is -2.29. The lowest BCUT2D eigenvalue weighted by atomic mass is 9.96. The van der Waals surface area contributed by atoms with Gasteiger partial charge in [-0.15, -0.1) is 0 Å². The van der Waals surface area contributed by atoms with E-state index in [9.17, 15) is 0 Å². The molecule has 0 aliphatic heterocycles. The van der Waals surface area contributed by atoms with Crippen molar-refractivity contribution >= 4 is 10.8 Å². The molecule has 1 N–H and O–H groups in total. The summed E-state index contributed by atoms with van der Waals surface area (Å²) >= 11 is 0. The first-order valence-electron chi connectivity index (χ1n) is 11.8. The molecule has 2 nitrogen and oxygen atoms in total. The minimum atomic E-state index is 0.346. The fourth-order valence-corrected chi connectivity index (χ4v) is 5.08. The van der Waals surface area contributed by atoms with Crippen LogP contribution >= 0.6 is 0 Å². The molecule has 0 radical (unpaired) electrons. The van der Waals surface area contributed by atoms with Crippen molar-refractivity contribution in [3.8, 4) is 5.75 Å². The van der Waals surface area contributed by atoms with E-state index < -0.39 is 0 Å². The highest BCUT2D eigenvalue weighted by Gasteiger charge is 2.27. The molecule has 0 heterocycles. The summed E-state index contributed by atoms with van der Waals surface area (Å²) in [5, 5.41) is 6.59. The summed E-state index contributed by atoms with van der Waals surface area (Å²) in [4.78, 5) is 0. The van der Waals surface area contributed by atoms with E-state index in [-0.39, 0.29) is 0 Å². The van der Waals surface area contributed by atoms with E-state index in [1.165, 1.54) is 46.7 Å². The van der Waals surface area contributed by atoms with Gasteiger partial charge in [0.1, 0.15) is 12.4 Å². The van der Waals surface area contributed by atoms with Gasteiger partial charge < -0.3 is 10.1 Å². The molecule has 1 saturated carbocycles. The molecule has 5 rings (SSSR count). The van der Waals surface area contributed by atoms with Crippen LogP contribution in [0.15, 0.2) is 97.1 Å². The maximum atomic E-state index is 5.96. The molecule has 0 bridgehead atoms. The van der Waals surface area contributed by atoms with Gasteiger partial charge in [0.05, 0.1) is 0 Å². The van der Waals surface area contributed by atoms with Crippen molar-refractivity contribution in [2.75, 3.05) is 0 Å². The molecule has 0 amide bonds. The molecule has 32 heavy (non-hydrogen) atoms. The third-order valence-electron chi connectivity index (χ3n) is 6.81. The number of hydrogen-bond donors (Lipinski definition) is 1. The minimum Gasteiger partial charge on any atom is -0.489 e. The molecule has 4 aromatic rings. The zero-order valence-corrected chi connectivity index (χ0v) is 18.7. The summed E-state index contributed by atoms with van der Waals surface area (Å²) in [6, 6.07) is 35.3. The molecule has 0 spiro atoms. The van der Waals surface area contributed by atoms with Gasteiger partial charge in [-0.1, -0.05) is 84.9 Å². The Morgan fingerprint density at radius 1 is 0.812 bits per heavy atom. The smallest absolute Gasteiger partial charge is 0.119 e. The Bertz CT molecular complexity index is 1150. The van der Waals surface area contributed by atoms with E-state index in [0.717, 1.165) is 5.75 Å². The number of ether oxygens (including phenoxy) is 1. The third kappa shape index (κ3) is 4.71. The number of fused-ring (bicyclic) bond motifs is 1. The van der Waals surface area contributed by atoms with Gasteiger partial charge in [-0.2, -0.15) is 0 Å². The maximum Gasteiger partial charge on any atom is 0.119 e. The topological polar surface area (TPSA) is 21.3 Å². The van der Waals surface area contributed by atoms with Crippen LogP contribution in [-0.4, -0.2) is 6.04 Å².